The molecule has 1 amide bonds. The predicted octanol–water partition coefficient (Wildman–Crippen LogP) is 4.40. The maximum Gasteiger partial charge on any atom is 0.226 e. The first-order chi connectivity index (χ1) is 10.4. The van der Waals surface area contributed by atoms with Gasteiger partial charge in [-0.1, -0.05) is 13.8 Å². The lowest BCUT2D eigenvalue weighted by molar-refractivity contribution is -0.170. The maximum atomic E-state index is 13.0. The minimum Gasteiger partial charge on any atom is -0.355 e. The Balaban J connectivity index is 1.46. The smallest absolute Gasteiger partial charge is 0.226 e. The SMILES string of the molecule is CC12CC3CC(C)(C1)CC(C(=O)NCCc1ccsc1)(C3)C2. The van der Waals surface area contributed by atoms with E-state index >= 15 is 0 Å². The van der Waals surface area contributed by atoms with E-state index in [-0.39, 0.29) is 5.41 Å². The van der Waals surface area contributed by atoms with Crippen molar-refractivity contribution in [2.45, 2.75) is 58.8 Å². The van der Waals surface area contributed by atoms with Gasteiger partial charge in [-0.2, -0.15) is 11.3 Å². The van der Waals surface area contributed by atoms with Crippen molar-refractivity contribution in [3.63, 3.8) is 0 Å². The summed E-state index contributed by atoms with van der Waals surface area (Å²) in [4.78, 5) is 13.0. The van der Waals surface area contributed by atoms with Crippen molar-refractivity contribution in [2.24, 2.45) is 22.2 Å². The third-order valence-electron chi connectivity index (χ3n) is 6.39. The van der Waals surface area contributed by atoms with Crippen molar-refractivity contribution in [3.05, 3.63) is 22.4 Å². The van der Waals surface area contributed by atoms with Crippen molar-refractivity contribution in [1.29, 1.82) is 0 Å². The summed E-state index contributed by atoms with van der Waals surface area (Å²) in [7, 11) is 0. The number of amides is 1. The van der Waals surface area contributed by atoms with Crippen LogP contribution in [0.5, 0.6) is 0 Å². The number of hydrogen-bond donors (Lipinski definition) is 1. The Hall–Kier alpha value is -0.830. The molecule has 4 aliphatic carbocycles. The summed E-state index contributed by atoms with van der Waals surface area (Å²) >= 11 is 1.73. The molecular weight excluding hydrogens is 290 g/mol. The zero-order valence-electron chi connectivity index (χ0n) is 13.8. The first kappa shape index (κ1) is 14.7. The van der Waals surface area contributed by atoms with Gasteiger partial charge in [0.2, 0.25) is 5.91 Å². The highest BCUT2D eigenvalue weighted by Crippen LogP contribution is 2.69. The minimum atomic E-state index is -0.0580. The molecule has 4 aliphatic rings. The van der Waals surface area contributed by atoms with Crippen LogP contribution in [0.25, 0.3) is 0 Å². The summed E-state index contributed by atoms with van der Waals surface area (Å²) in [6.07, 6.45) is 8.39. The third-order valence-corrected chi connectivity index (χ3v) is 7.12. The lowest BCUT2D eigenvalue weighted by Crippen LogP contribution is -2.60. The van der Waals surface area contributed by atoms with E-state index in [1.807, 2.05) is 0 Å². The van der Waals surface area contributed by atoms with Gasteiger partial charge in [-0.25, -0.2) is 0 Å². The van der Waals surface area contributed by atoms with Crippen LogP contribution in [0.2, 0.25) is 0 Å². The Bertz CT molecular complexity index is 560. The Morgan fingerprint density at radius 3 is 2.55 bits per heavy atom. The second-order valence-corrected chi connectivity index (χ2v) is 9.83. The largest absolute Gasteiger partial charge is 0.355 e. The van der Waals surface area contributed by atoms with Crippen molar-refractivity contribution in [3.8, 4) is 0 Å². The lowest BCUT2D eigenvalue weighted by atomic mass is 9.40. The normalized spacial score (nSPS) is 42.5. The van der Waals surface area contributed by atoms with Crippen LogP contribution in [-0.4, -0.2) is 12.5 Å². The van der Waals surface area contributed by atoms with Gasteiger partial charge < -0.3 is 5.32 Å². The van der Waals surface area contributed by atoms with E-state index in [0.29, 0.717) is 16.7 Å². The summed E-state index contributed by atoms with van der Waals surface area (Å²) in [5.41, 5.74) is 2.12. The van der Waals surface area contributed by atoms with Crippen molar-refractivity contribution >= 4 is 17.2 Å². The van der Waals surface area contributed by atoms with E-state index in [9.17, 15) is 4.79 Å². The van der Waals surface area contributed by atoms with Crippen LogP contribution >= 0.6 is 11.3 Å². The molecule has 0 aliphatic heterocycles. The van der Waals surface area contributed by atoms with Gasteiger partial charge >= 0.3 is 0 Å². The van der Waals surface area contributed by atoms with Crippen LogP contribution in [0.4, 0.5) is 0 Å². The van der Waals surface area contributed by atoms with Gasteiger partial charge in [-0.05, 0) is 84.1 Å². The monoisotopic (exact) mass is 317 g/mol. The molecule has 22 heavy (non-hydrogen) atoms. The second-order valence-electron chi connectivity index (χ2n) is 9.05. The highest BCUT2D eigenvalue weighted by Gasteiger charge is 2.62. The van der Waals surface area contributed by atoms with Crippen molar-refractivity contribution in [1.82, 2.24) is 5.32 Å². The first-order valence-corrected chi connectivity index (χ1v) is 9.64. The fourth-order valence-electron chi connectivity index (χ4n) is 6.64. The number of hydrogen-bond acceptors (Lipinski definition) is 2. The third kappa shape index (κ3) is 2.42. The van der Waals surface area contributed by atoms with Gasteiger partial charge in [0.25, 0.3) is 0 Å². The molecule has 120 valence electrons. The van der Waals surface area contributed by atoms with E-state index in [1.54, 1.807) is 11.3 Å². The lowest BCUT2D eigenvalue weighted by Gasteiger charge is -2.64. The summed E-state index contributed by atoms with van der Waals surface area (Å²) in [6, 6.07) is 2.16. The van der Waals surface area contributed by atoms with E-state index in [1.165, 1.54) is 24.8 Å². The molecule has 4 fully saturated rings. The zero-order chi connectivity index (χ0) is 15.4. The molecule has 4 saturated carbocycles. The molecule has 0 saturated heterocycles. The molecule has 0 spiro atoms. The van der Waals surface area contributed by atoms with Gasteiger partial charge in [-0.15, -0.1) is 0 Å². The Kier molecular flexibility index (Phi) is 3.24. The van der Waals surface area contributed by atoms with Crippen LogP contribution in [0, 0.1) is 22.2 Å². The van der Waals surface area contributed by atoms with Gasteiger partial charge in [0, 0.05) is 6.54 Å². The molecule has 1 N–H and O–H groups in total. The Morgan fingerprint density at radius 1 is 1.23 bits per heavy atom. The van der Waals surface area contributed by atoms with Gasteiger partial charge in [0.1, 0.15) is 0 Å². The highest BCUT2D eigenvalue weighted by molar-refractivity contribution is 7.07. The number of carbonyl (C=O) groups excluding carboxylic acids is 1. The fourth-order valence-corrected chi connectivity index (χ4v) is 7.35. The number of thiophene rings is 1. The van der Waals surface area contributed by atoms with Crippen LogP contribution in [0.1, 0.15) is 57.9 Å². The molecule has 3 heteroatoms. The van der Waals surface area contributed by atoms with E-state index in [2.05, 4.69) is 36.0 Å². The van der Waals surface area contributed by atoms with Crippen molar-refractivity contribution in [2.75, 3.05) is 6.54 Å². The van der Waals surface area contributed by atoms with Gasteiger partial charge in [0.15, 0.2) is 0 Å². The van der Waals surface area contributed by atoms with Crippen LogP contribution in [0.3, 0.4) is 0 Å². The molecule has 2 atom stereocenters. The summed E-state index contributed by atoms with van der Waals surface area (Å²) in [6.45, 7) is 5.65. The van der Waals surface area contributed by atoms with Crippen LogP contribution in [0.15, 0.2) is 16.8 Å². The first-order valence-electron chi connectivity index (χ1n) is 8.70. The molecule has 5 rings (SSSR count). The number of rotatable bonds is 4. The molecule has 2 unspecified atom stereocenters. The number of carbonyl (C=O) groups is 1. The maximum absolute atomic E-state index is 13.0. The fraction of sp³-hybridized carbons (Fsp3) is 0.737. The molecule has 0 radical (unpaired) electrons. The van der Waals surface area contributed by atoms with E-state index in [4.69, 9.17) is 0 Å². The summed E-state index contributed by atoms with van der Waals surface area (Å²) < 4.78 is 0. The van der Waals surface area contributed by atoms with Crippen LogP contribution < -0.4 is 5.32 Å². The van der Waals surface area contributed by atoms with E-state index < -0.39 is 0 Å². The summed E-state index contributed by atoms with van der Waals surface area (Å²) in [5.74, 6) is 1.14. The predicted molar refractivity (Wildman–Crippen MR) is 90.9 cm³/mol. The Morgan fingerprint density at radius 2 is 1.95 bits per heavy atom. The standard InChI is InChI=1S/C19H27NOS/c1-17-7-15-8-18(2,11-17)13-19(9-15,12-17)16(21)20-5-3-14-4-6-22-10-14/h4,6,10,15H,3,5,7-9,11-13H2,1-2H3,(H,20,21). The van der Waals surface area contributed by atoms with E-state index in [0.717, 1.165) is 38.1 Å². The quantitative estimate of drug-likeness (QED) is 0.876. The van der Waals surface area contributed by atoms with Crippen molar-refractivity contribution < 1.29 is 4.79 Å². The molecule has 2 nitrogen and oxygen atoms in total. The second kappa shape index (κ2) is 4.83. The molecule has 1 aromatic rings. The zero-order valence-corrected chi connectivity index (χ0v) is 14.6. The molecule has 1 aromatic heterocycles. The minimum absolute atomic E-state index is 0.0580. The average molecular weight is 317 g/mol. The van der Waals surface area contributed by atoms with Crippen LogP contribution in [-0.2, 0) is 11.2 Å². The highest BCUT2D eigenvalue weighted by atomic mass is 32.1. The summed E-state index contributed by atoms with van der Waals surface area (Å²) in [5, 5.41) is 7.57. The number of nitrogens with one attached hydrogen (secondary N) is 1. The average Bonchev–Trinajstić information content (AvgIpc) is 2.87. The molecule has 1 heterocycles. The molecular formula is C19H27NOS. The van der Waals surface area contributed by atoms with Gasteiger partial charge in [-0.3, -0.25) is 4.79 Å². The molecule has 4 bridgehead atoms. The topological polar surface area (TPSA) is 29.1 Å². The van der Waals surface area contributed by atoms with Gasteiger partial charge in [0.05, 0.1) is 5.41 Å². The Labute approximate surface area is 137 Å². The molecule has 0 aromatic carbocycles.